The topological polar surface area (TPSA) is 61.8 Å². The first-order valence-electron chi connectivity index (χ1n) is 7.46. The molecule has 2 aromatic rings. The second kappa shape index (κ2) is 7.64. The van der Waals surface area contributed by atoms with Crippen LogP contribution in [0.1, 0.15) is 34.0 Å². The summed E-state index contributed by atoms with van der Waals surface area (Å²) >= 11 is 0. The molecular formula is C19H20O5. The highest BCUT2D eigenvalue weighted by Gasteiger charge is 2.15. The van der Waals surface area contributed by atoms with Crippen molar-refractivity contribution >= 4 is 11.8 Å². The van der Waals surface area contributed by atoms with Gasteiger partial charge in [0.2, 0.25) is 0 Å². The van der Waals surface area contributed by atoms with Crippen LogP contribution in [0.4, 0.5) is 0 Å². The van der Waals surface area contributed by atoms with Gasteiger partial charge < -0.3 is 14.2 Å². The minimum Gasteiger partial charge on any atom is -0.496 e. The predicted octanol–water partition coefficient (Wildman–Crippen LogP) is 3.31. The lowest BCUT2D eigenvalue weighted by atomic mass is 10.00. The first-order chi connectivity index (χ1) is 11.5. The third kappa shape index (κ3) is 3.93. The lowest BCUT2D eigenvalue weighted by Gasteiger charge is -2.12. The molecule has 0 saturated carbocycles. The number of rotatable bonds is 6. The predicted molar refractivity (Wildman–Crippen MR) is 89.6 cm³/mol. The number of ether oxygens (including phenoxy) is 3. The molecule has 24 heavy (non-hydrogen) atoms. The molecular weight excluding hydrogens is 308 g/mol. The Balaban J connectivity index is 2.27. The van der Waals surface area contributed by atoms with Crippen LogP contribution in [-0.2, 0) is 16.1 Å². The Morgan fingerprint density at radius 2 is 1.46 bits per heavy atom. The Bertz CT molecular complexity index is 722. The number of carbonyl (C=O) groups excluding carboxylic acids is 2. The van der Waals surface area contributed by atoms with Crippen molar-refractivity contribution < 1.29 is 23.8 Å². The van der Waals surface area contributed by atoms with Gasteiger partial charge >= 0.3 is 5.97 Å². The zero-order valence-electron chi connectivity index (χ0n) is 14.2. The van der Waals surface area contributed by atoms with Crippen molar-refractivity contribution in [1.82, 2.24) is 0 Å². The lowest BCUT2D eigenvalue weighted by molar-refractivity contribution is -0.142. The summed E-state index contributed by atoms with van der Waals surface area (Å²) in [4.78, 5) is 23.5. The van der Waals surface area contributed by atoms with E-state index in [1.54, 1.807) is 50.6 Å². The van der Waals surface area contributed by atoms with Gasteiger partial charge in [0, 0.05) is 23.6 Å². The standard InChI is InChI=1S/C19H20O5/c1-12-17(22-3)9-16(10-18(12)23-4)19(21)15-7-5-14(6-8-15)11-24-13(2)20/h5-10H,11H2,1-4H3. The van der Waals surface area contributed by atoms with Crippen molar-refractivity contribution in [3.8, 4) is 11.5 Å². The van der Waals surface area contributed by atoms with Gasteiger partial charge in [0.15, 0.2) is 5.78 Å². The van der Waals surface area contributed by atoms with E-state index in [2.05, 4.69) is 0 Å². The van der Waals surface area contributed by atoms with Gasteiger partial charge in [-0.15, -0.1) is 0 Å². The monoisotopic (exact) mass is 328 g/mol. The first-order valence-corrected chi connectivity index (χ1v) is 7.46. The van der Waals surface area contributed by atoms with E-state index in [0.717, 1.165) is 11.1 Å². The number of hydrogen-bond acceptors (Lipinski definition) is 5. The zero-order valence-corrected chi connectivity index (χ0v) is 14.2. The molecule has 0 unspecified atom stereocenters. The van der Waals surface area contributed by atoms with Gasteiger partial charge in [-0.1, -0.05) is 24.3 Å². The van der Waals surface area contributed by atoms with Gasteiger partial charge in [-0.3, -0.25) is 9.59 Å². The van der Waals surface area contributed by atoms with Crippen LogP contribution < -0.4 is 9.47 Å². The van der Waals surface area contributed by atoms with E-state index in [9.17, 15) is 9.59 Å². The highest BCUT2D eigenvalue weighted by atomic mass is 16.5. The van der Waals surface area contributed by atoms with Crippen LogP contribution in [0.5, 0.6) is 11.5 Å². The second-order valence-corrected chi connectivity index (χ2v) is 5.31. The Kier molecular flexibility index (Phi) is 5.58. The van der Waals surface area contributed by atoms with Crippen LogP contribution in [0, 0.1) is 6.92 Å². The van der Waals surface area contributed by atoms with E-state index in [4.69, 9.17) is 14.2 Å². The molecule has 5 nitrogen and oxygen atoms in total. The molecule has 2 rings (SSSR count). The molecule has 0 amide bonds. The Morgan fingerprint density at radius 3 is 1.92 bits per heavy atom. The molecule has 0 aliphatic carbocycles. The molecule has 0 bridgehead atoms. The number of carbonyl (C=O) groups is 2. The smallest absolute Gasteiger partial charge is 0.302 e. The van der Waals surface area contributed by atoms with Gasteiger partial charge in [0.05, 0.1) is 14.2 Å². The van der Waals surface area contributed by atoms with Crippen LogP contribution >= 0.6 is 0 Å². The van der Waals surface area contributed by atoms with Crippen molar-refractivity contribution in [1.29, 1.82) is 0 Å². The Hall–Kier alpha value is -2.82. The Morgan fingerprint density at radius 1 is 0.917 bits per heavy atom. The van der Waals surface area contributed by atoms with Crippen LogP contribution in [0.25, 0.3) is 0 Å². The molecule has 0 fully saturated rings. The van der Waals surface area contributed by atoms with Crippen LogP contribution in [0.15, 0.2) is 36.4 Å². The zero-order chi connectivity index (χ0) is 17.7. The average molecular weight is 328 g/mol. The maximum Gasteiger partial charge on any atom is 0.302 e. The van der Waals surface area contributed by atoms with E-state index in [0.29, 0.717) is 22.6 Å². The molecule has 0 radical (unpaired) electrons. The molecule has 0 atom stereocenters. The lowest BCUT2D eigenvalue weighted by Crippen LogP contribution is -2.04. The first kappa shape index (κ1) is 17.5. The van der Waals surface area contributed by atoms with Crippen molar-refractivity contribution in [3.63, 3.8) is 0 Å². The molecule has 0 aromatic heterocycles. The number of hydrogen-bond donors (Lipinski definition) is 0. The normalized spacial score (nSPS) is 10.2. The number of ketones is 1. The van der Waals surface area contributed by atoms with Gasteiger partial charge in [0.1, 0.15) is 18.1 Å². The highest BCUT2D eigenvalue weighted by Crippen LogP contribution is 2.30. The number of benzene rings is 2. The maximum atomic E-state index is 12.7. The third-order valence-corrected chi connectivity index (χ3v) is 3.67. The van der Waals surface area contributed by atoms with Crippen molar-refractivity contribution in [2.45, 2.75) is 20.5 Å². The van der Waals surface area contributed by atoms with Crippen LogP contribution in [0.3, 0.4) is 0 Å². The quantitative estimate of drug-likeness (QED) is 0.601. The van der Waals surface area contributed by atoms with Crippen molar-refractivity contribution in [3.05, 3.63) is 58.7 Å². The van der Waals surface area contributed by atoms with E-state index in [1.807, 2.05) is 6.92 Å². The third-order valence-electron chi connectivity index (χ3n) is 3.67. The SMILES string of the molecule is COc1cc(C(=O)c2ccc(COC(C)=O)cc2)cc(OC)c1C. The number of methoxy groups -OCH3 is 2. The summed E-state index contributed by atoms with van der Waals surface area (Å²) in [5, 5.41) is 0. The van der Waals surface area contributed by atoms with E-state index in [1.165, 1.54) is 6.92 Å². The van der Waals surface area contributed by atoms with Crippen molar-refractivity contribution in [2.24, 2.45) is 0 Å². The van der Waals surface area contributed by atoms with E-state index >= 15 is 0 Å². The Labute approximate surface area is 141 Å². The summed E-state index contributed by atoms with van der Waals surface area (Å²) in [7, 11) is 3.11. The minimum absolute atomic E-state index is 0.134. The second-order valence-electron chi connectivity index (χ2n) is 5.31. The molecule has 0 spiro atoms. The summed E-state index contributed by atoms with van der Waals surface area (Å²) in [5.74, 6) is 0.730. The molecule has 0 aliphatic heterocycles. The molecule has 126 valence electrons. The molecule has 0 saturated heterocycles. The maximum absolute atomic E-state index is 12.7. The molecule has 0 N–H and O–H groups in total. The van der Waals surface area contributed by atoms with Crippen molar-refractivity contribution in [2.75, 3.05) is 14.2 Å². The van der Waals surface area contributed by atoms with Gasteiger partial charge in [-0.2, -0.15) is 0 Å². The summed E-state index contributed by atoms with van der Waals surface area (Å²) in [5.41, 5.74) is 2.69. The highest BCUT2D eigenvalue weighted by molar-refractivity contribution is 6.09. The van der Waals surface area contributed by atoms with Crippen LogP contribution in [-0.4, -0.2) is 26.0 Å². The van der Waals surface area contributed by atoms with Gasteiger partial charge in [-0.05, 0) is 24.6 Å². The summed E-state index contributed by atoms with van der Waals surface area (Å²) < 4.78 is 15.5. The van der Waals surface area contributed by atoms with Gasteiger partial charge in [0.25, 0.3) is 0 Å². The van der Waals surface area contributed by atoms with Crippen LogP contribution in [0.2, 0.25) is 0 Å². The summed E-state index contributed by atoms with van der Waals surface area (Å²) in [6, 6.07) is 10.3. The molecule has 2 aromatic carbocycles. The van der Waals surface area contributed by atoms with Gasteiger partial charge in [-0.25, -0.2) is 0 Å². The summed E-state index contributed by atoms with van der Waals surface area (Å²) in [6.07, 6.45) is 0. The minimum atomic E-state index is -0.339. The fourth-order valence-corrected chi connectivity index (χ4v) is 2.32. The van der Waals surface area contributed by atoms with E-state index < -0.39 is 0 Å². The average Bonchev–Trinajstić information content (AvgIpc) is 2.60. The molecule has 0 heterocycles. The molecule has 5 heteroatoms. The number of esters is 1. The van der Waals surface area contributed by atoms with E-state index in [-0.39, 0.29) is 18.4 Å². The fraction of sp³-hybridized carbons (Fsp3) is 0.263. The largest absolute Gasteiger partial charge is 0.496 e. The summed E-state index contributed by atoms with van der Waals surface area (Å²) in [6.45, 7) is 3.42. The molecule has 0 aliphatic rings. The fourth-order valence-electron chi connectivity index (χ4n) is 2.32.